The summed E-state index contributed by atoms with van der Waals surface area (Å²) in [5, 5.41) is 0. The zero-order chi connectivity index (χ0) is 10.8. The number of hydrogen-bond acceptors (Lipinski definition) is 2. The molecule has 2 aromatic heterocycles. The Balaban J connectivity index is 2.41. The zero-order valence-corrected chi connectivity index (χ0v) is 9.82. The van der Waals surface area contributed by atoms with Crippen molar-refractivity contribution in [2.24, 2.45) is 0 Å². The number of furan rings is 1. The molecule has 0 radical (unpaired) electrons. The van der Waals surface area contributed by atoms with Gasteiger partial charge in [-0.3, -0.25) is 4.79 Å². The fourth-order valence-corrected chi connectivity index (χ4v) is 2.02. The fraction of sp³-hybridized carbons (Fsp3) is 0.182. The molecule has 4 heteroatoms. The van der Waals surface area contributed by atoms with Crippen molar-refractivity contribution in [2.75, 3.05) is 0 Å². The highest BCUT2D eigenvalue weighted by atomic mass is 79.9. The number of nitrogens with zero attached hydrogens (tertiary/aromatic N) is 1. The van der Waals surface area contributed by atoms with E-state index in [9.17, 15) is 4.79 Å². The molecule has 0 fully saturated rings. The normalized spacial score (nSPS) is 10.5. The molecule has 0 N–H and O–H groups in total. The second-order valence-corrected chi connectivity index (χ2v) is 4.27. The number of hydrogen-bond donors (Lipinski definition) is 0. The average molecular weight is 268 g/mol. The summed E-state index contributed by atoms with van der Waals surface area (Å²) in [5.41, 5.74) is 0.727. The molecule has 2 rings (SSSR count). The van der Waals surface area contributed by atoms with E-state index in [1.165, 1.54) is 0 Å². The topological polar surface area (TPSA) is 35.1 Å². The molecule has 2 heterocycles. The van der Waals surface area contributed by atoms with Crippen LogP contribution in [0, 0.1) is 6.92 Å². The Labute approximate surface area is 95.5 Å². The van der Waals surface area contributed by atoms with Crippen LogP contribution >= 0.6 is 15.9 Å². The van der Waals surface area contributed by atoms with Crippen LogP contribution in [0.4, 0.5) is 0 Å². The van der Waals surface area contributed by atoms with E-state index in [0.717, 1.165) is 15.8 Å². The van der Waals surface area contributed by atoms with E-state index in [1.807, 2.05) is 12.1 Å². The van der Waals surface area contributed by atoms with Gasteiger partial charge in [-0.15, -0.1) is 0 Å². The Kier molecular flexibility index (Phi) is 2.77. The monoisotopic (exact) mass is 267 g/mol. The maximum atomic E-state index is 11.7. The van der Waals surface area contributed by atoms with Gasteiger partial charge < -0.3 is 8.98 Å². The molecule has 78 valence electrons. The number of aromatic nitrogens is 1. The summed E-state index contributed by atoms with van der Waals surface area (Å²) in [7, 11) is 0. The van der Waals surface area contributed by atoms with Gasteiger partial charge in [-0.2, -0.15) is 0 Å². The predicted molar refractivity (Wildman–Crippen MR) is 60.9 cm³/mol. The summed E-state index contributed by atoms with van der Waals surface area (Å²) >= 11 is 3.36. The minimum atomic E-state index is 0.00889. The first kappa shape index (κ1) is 10.2. The van der Waals surface area contributed by atoms with E-state index in [-0.39, 0.29) is 5.56 Å². The Morgan fingerprint density at radius 2 is 2.33 bits per heavy atom. The van der Waals surface area contributed by atoms with Crippen LogP contribution in [0.3, 0.4) is 0 Å². The highest BCUT2D eigenvalue weighted by molar-refractivity contribution is 9.10. The molecule has 0 aliphatic heterocycles. The van der Waals surface area contributed by atoms with Crippen molar-refractivity contribution in [3.63, 3.8) is 0 Å². The van der Waals surface area contributed by atoms with Gasteiger partial charge in [-0.1, -0.05) is 0 Å². The molecular formula is C11H10BrNO2. The van der Waals surface area contributed by atoms with Gasteiger partial charge in [0.25, 0.3) is 5.56 Å². The average Bonchev–Trinajstić information content (AvgIpc) is 2.66. The Bertz CT molecular complexity index is 514. The van der Waals surface area contributed by atoms with Crippen molar-refractivity contribution >= 4 is 15.9 Å². The summed E-state index contributed by atoms with van der Waals surface area (Å²) in [6, 6.07) is 5.47. The van der Waals surface area contributed by atoms with Crippen LogP contribution in [0.25, 0.3) is 0 Å². The molecule has 15 heavy (non-hydrogen) atoms. The Morgan fingerprint density at radius 1 is 1.53 bits per heavy atom. The van der Waals surface area contributed by atoms with Crippen molar-refractivity contribution in [1.29, 1.82) is 0 Å². The van der Waals surface area contributed by atoms with E-state index in [1.54, 1.807) is 30.0 Å². The molecule has 0 amide bonds. The van der Waals surface area contributed by atoms with Crippen LogP contribution < -0.4 is 5.56 Å². The predicted octanol–water partition coefficient (Wildman–Crippen LogP) is 2.56. The summed E-state index contributed by atoms with van der Waals surface area (Å²) in [4.78, 5) is 11.7. The van der Waals surface area contributed by atoms with Crippen molar-refractivity contribution < 1.29 is 4.42 Å². The van der Waals surface area contributed by atoms with Crippen LogP contribution in [-0.4, -0.2) is 4.57 Å². The fourth-order valence-electron chi connectivity index (χ4n) is 1.43. The number of rotatable bonds is 2. The van der Waals surface area contributed by atoms with Gasteiger partial charge in [0, 0.05) is 16.2 Å². The molecule has 0 atom stereocenters. The van der Waals surface area contributed by atoms with Crippen LogP contribution in [0.1, 0.15) is 11.3 Å². The highest BCUT2D eigenvalue weighted by Gasteiger charge is 2.03. The van der Waals surface area contributed by atoms with Crippen LogP contribution in [0.2, 0.25) is 0 Å². The highest BCUT2D eigenvalue weighted by Crippen LogP contribution is 2.09. The third-order valence-electron chi connectivity index (χ3n) is 2.14. The molecule has 0 spiro atoms. The van der Waals surface area contributed by atoms with Gasteiger partial charge in [0.15, 0.2) is 0 Å². The molecule has 2 aromatic rings. The number of halogens is 1. The summed E-state index contributed by atoms with van der Waals surface area (Å²) in [5.74, 6) is 0.773. The quantitative estimate of drug-likeness (QED) is 0.839. The molecule has 0 aliphatic carbocycles. The second-order valence-electron chi connectivity index (χ2n) is 3.35. The lowest BCUT2D eigenvalue weighted by molar-refractivity contribution is 0.489. The van der Waals surface area contributed by atoms with E-state index in [2.05, 4.69) is 15.9 Å². The number of aryl methyl sites for hydroxylation is 1. The minimum Gasteiger partial charge on any atom is -0.467 e. The molecule has 0 aromatic carbocycles. The second kappa shape index (κ2) is 4.06. The van der Waals surface area contributed by atoms with Crippen molar-refractivity contribution in [2.45, 2.75) is 13.5 Å². The van der Waals surface area contributed by atoms with Gasteiger partial charge in [0.05, 0.1) is 12.8 Å². The molecule has 3 nitrogen and oxygen atoms in total. The Hall–Kier alpha value is -1.29. The van der Waals surface area contributed by atoms with E-state index in [4.69, 9.17) is 4.42 Å². The largest absolute Gasteiger partial charge is 0.467 e. The van der Waals surface area contributed by atoms with Crippen molar-refractivity contribution in [3.8, 4) is 0 Å². The first-order valence-corrected chi connectivity index (χ1v) is 5.35. The van der Waals surface area contributed by atoms with E-state index in [0.29, 0.717) is 6.54 Å². The van der Waals surface area contributed by atoms with Crippen LogP contribution in [0.15, 0.2) is 44.3 Å². The van der Waals surface area contributed by atoms with Gasteiger partial charge in [0.2, 0.25) is 0 Å². The van der Waals surface area contributed by atoms with E-state index < -0.39 is 0 Å². The SMILES string of the molecule is Cc1cc(Br)cn(Cc2ccco2)c1=O. The molecule has 0 unspecified atom stereocenters. The molecular weight excluding hydrogens is 258 g/mol. The maximum Gasteiger partial charge on any atom is 0.253 e. The Morgan fingerprint density at radius 3 is 3.00 bits per heavy atom. The van der Waals surface area contributed by atoms with Crippen LogP contribution in [-0.2, 0) is 6.54 Å². The van der Waals surface area contributed by atoms with Crippen LogP contribution in [0.5, 0.6) is 0 Å². The van der Waals surface area contributed by atoms with Gasteiger partial charge in [-0.05, 0) is 41.1 Å². The number of pyridine rings is 1. The summed E-state index contributed by atoms with van der Waals surface area (Å²) < 4.78 is 7.71. The smallest absolute Gasteiger partial charge is 0.253 e. The third kappa shape index (κ3) is 2.21. The van der Waals surface area contributed by atoms with Crippen molar-refractivity contribution in [1.82, 2.24) is 4.57 Å². The molecule has 0 bridgehead atoms. The van der Waals surface area contributed by atoms with E-state index >= 15 is 0 Å². The molecule has 0 saturated carbocycles. The summed E-state index contributed by atoms with van der Waals surface area (Å²) in [6.45, 7) is 2.26. The third-order valence-corrected chi connectivity index (χ3v) is 2.57. The maximum absolute atomic E-state index is 11.7. The molecule has 0 aliphatic rings. The lowest BCUT2D eigenvalue weighted by Crippen LogP contribution is -2.21. The summed E-state index contributed by atoms with van der Waals surface area (Å²) in [6.07, 6.45) is 3.36. The first-order chi connectivity index (χ1) is 7.16. The lowest BCUT2D eigenvalue weighted by Gasteiger charge is -2.05. The lowest BCUT2D eigenvalue weighted by atomic mass is 10.3. The van der Waals surface area contributed by atoms with Gasteiger partial charge in [0.1, 0.15) is 5.76 Å². The standard InChI is InChI=1S/C11H10BrNO2/c1-8-5-9(12)6-13(11(8)14)7-10-3-2-4-15-10/h2-6H,7H2,1H3. The first-order valence-electron chi connectivity index (χ1n) is 4.56. The zero-order valence-electron chi connectivity index (χ0n) is 8.24. The minimum absolute atomic E-state index is 0.00889. The van der Waals surface area contributed by atoms with Crippen molar-refractivity contribution in [3.05, 3.63) is 56.8 Å². The molecule has 0 saturated heterocycles. The van der Waals surface area contributed by atoms with Gasteiger partial charge in [-0.25, -0.2) is 0 Å². The van der Waals surface area contributed by atoms with Gasteiger partial charge >= 0.3 is 0 Å².